The van der Waals surface area contributed by atoms with Gasteiger partial charge in [0.25, 0.3) is 0 Å². The third-order valence-corrected chi connectivity index (χ3v) is 3.98. The lowest BCUT2D eigenvalue weighted by atomic mass is 9.83. The molecule has 4 heteroatoms. The molecule has 0 amide bonds. The van der Waals surface area contributed by atoms with Crippen molar-refractivity contribution in [1.29, 1.82) is 0 Å². The molecule has 4 atom stereocenters. The van der Waals surface area contributed by atoms with Gasteiger partial charge in [0.05, 0.1) is 11.8 Å². The minimum Gasteiger partial charge on any atom is -0.481 e. The van der Waals surface area contributed by atoms with Crippen LogP contribution in [-0.2, 0) is 9.59 Å². The molecule has 1 fully saturated rings. The van der Waals surface area contributed by atoms with Crippen molar-refractivity contribution in [2.24, 2.45) is 23.7 Å². The van der Waals surface area contributed by atoms with Gasteiger partial charge in [-0.1, -0.05) is 30.4 Å². The number of hydrogen-bond acceptors (Lipinski definition) is 3. The Morgan fingerprint density at radius 3 is 2.32 bits per heavy atom. The molecule has 2 bridgehead atoms. The van der Waals surface area contributed by atoms with Gasteiger partial charge in [0, 0.05) is 0 Å². The molecule has 0 heterocycles. The summed E-state index contributed by atoms with van der Waals surface area (Å²) in [5.74, 6) is -2.12. The number of benzene rings is 1. The van der Waals surface area contributed by atoms with Crippen LogP contribution in [0.2, 0.25) is 0 Å². The van der Waals surface area contributed by atoms with Gasteiger partial charge in [-0.15, -0.1) is 0 Å². The summed E-state index contributed by atoms with van der Waals surface area (Å²) in [6.07, 6.45) is 4.60. The number of fused-ring (bicyclic) bond motifs is 2. The fourth-order valence-electron chi connectivity index (χ4n) is 3.15. The summed E-state index contributed by atoms with van der Waals surface area (Å²) in [5.41, 5.74) is 0. The van der Waals surface area contributed by atoms with E-state index < -0.39 is 23.8 Å². The molecule has 4 unspecified atom stereocenters. The Morgan fingerprint density at radius 2 is 1.68 bits per heavy atom. The van der Waals surface area contributed by atoms with Crippen LogP contribution in [-0.4, -0.2) is 17.0 Å². The van der Waals surface area contributed by atoms with Gasteiger partial charge in [-0.05, 0) is 30.4 Å². The van der Waals surface area contributed by atoms with Crippen molar-refractivity contribution in [3.05, 3.63) is 42.5 Å². The Morgan fingerprint density at radius 1 is 1.05 bits per heavy atom. The van der Waals surface area contributed by atoms with Crippen molar-refractivity contribution in [2.75, 3.05) is 0 Å². The largest absolute Gasteiger partial charge is 0.481 e. The first-order chi connectivity index (χ1) is 9.16. The zero-order valence-electron chi connectivity index (χ0n) is 10.2. The summed E-state index contributed by atoms with van der Waals surface area (Å²) in [7, 11) is 0. The molecule has 19 heavy (non-hydrogen) atoms. The van der Waals surface area contributed by atoms with Gasteiger partial charge in [-0.2, -0.15) is 0 Å². The second-order valence-corrected chi connectivity index (χ2v) is 5.07. The predicted molar refractivity (Wildman–Crippen MR) is 67.4 cm³/mol. The van der Waals surface area contributed by atoms with E-state index in [1.807, 2.05) is 18.2 Å². The average molecular weight is 258 g/mol. The van der Waals surface area contributed by atoms with E-state index >= 15 is 0 Å². The number of hydrogen-bond donors (Lipinski definition) is 1. The quantitative estimate of drug-likeness (QED) is 0.512. The van der Waals surface area contributed by atoms with E-state index in [1.54, 1.807) is 24.3 Å². The zero-order valence-corrected chi connectivity index (χ0v) is 10.2. The molecule has 0 spiro atoms. The number of ether oxygens (including phenoxy) is 1. The van der Waals surface area contributed by atoms with Crippen molar-refractivity contribution >= 4 is 11.9 Å². The number of para-hydroxylation sites is 1. The molecule has 98 valence electrons. The van der Waals surface area contributed by atoms with Crippen molar-refractivity contribution in [3.8, 4) is 5.75 Å². The highest BCUT2D eigenvalue weighted by molar-refractivity contribution is 5.84. The molecule has 0 saturated heterocycles. The van der Waals surface area contributed by atoms with Crippen LogP contribution in [0.4, 0.5) is 0 Å². The summed E-state index contributed by atoms with van der Waals surface area (Å²) in [6, 6.07) is 8.76. The number of allylic oxidation sites excluding steroid dienone is 2. The lowest BCUT2D eigenvalue weighted by Crippen LogP contribution is -2.35. The van der Waals surface area contributed by atoms with Crippen molar-refractivity contribution in [1.82, 2.24) is 0 Å². The molecule has 1 saturated carbocycles. The molecule has 2 aliphatic carbocycles. The monoisotopic (exact) mass is 258 g/mol. The van der Waals surface area contributed by atoms with E-state index in [2.05, 4.69) is 0 Å². The smallest absolute Gasteiger partial charge is 0.315 e. The van der Waals surface area contributed by atoms with Gasteiger partial charge < -0.3 is 9.84 Å². The van der Waals surface area contributed by atoms with E-state index in [9.17, 15) is 14.7 Å². The van der Waals surface area contributed by atoms with Crippen molar-refractivity contribution < 1.29 is 19.4 Å². The standard InChI is InChI=1S/C15H14O4/c16-14(17)12-9-6-7-10(8-9)13(12)15(18)19-11-4-2-1-3-5-11/h1-7,9-10,12-13H,8H2,(H,16,17). The maximum absolute atomic E-state index is 12.2. The molecule has 0 radical (unpaired) electrons. The second-order valence-electron chi connectivity index (χ2n) is 5.07. The Balaban J connectivity index is 1.79. The molecule has 1 N–H and O–H groups in total. The molecule has 0 aromatic heterocycles. The highest BCUT2D eigenvalue weighted by atomic mass is 16.5. The highest BCUT2D eigenvalue weighted by Crippen LogP contribution is 2.48. The maximum Gasteiger partial charge on any atom is 0.315 e. The van der Waals surface area contributed by atoms with Crippen LogP contribution >= 0.6 is 0 Å². The van der Waals surface area contributed by atoms with Crippen LogP contribution in [0.5, 0.6) is 5.75 Å². The lowest BCUT2D eigenvalue weighted by molar-refractivity contribution is -0.152. The second kappa shape index (κ2) is 4.53. The number of carboxylic acids is 1. The molecule has 1 aromatic rings. The Bertz CT molecular complexity index is 534. The number of rotatable bonds is 3. The summed E-state index contributed by atoms with van der Waals surface area (Å²) in [5, 5.41) is 9.28. The van der Waals surface area contributed by atoms with Crippen LogP contribution in [0, 0.1) is 23.7 Å². The first-order valence-electron chi connectivity index (χ1n) is 6.34. The summed E-state index contributed by atoms with van der Waals surface area (Å²) in [4.78, 5) is 23.5. The van der Waals surface area contributed by atoms with Crippen LogP contribution in [0.15, 0.2) is 42.5 Å². The Hall–Kier alpha value is -2.10. The van der Waals surface area contributed by atoms with Gasteiger partial charge in [0.2, 0.25) is 0 Å². The minimum atomic E-state index is -0.910. The summed E-state index contributed by atoms with van der Waals surface area (Å²) < 4.78 is 5.30. The SMILES string of the molecule is O=C(O)C1C2C=CC(C2)C1C(=O)Oc1ccccc1. The fraction of sp³-hybridized carbons (Fsp3) is 0.333. The minimum absolute atomic E-state index is 0.00214. The van der Waals surface area contributed by atoms with Crippen molar-refractivity contribution in [3.63, 3.8) is 0 Å². The number of aliphatic carboxylic acids is 1. The predicted octanol–water partition coefficient (Wildman–Crippen LogP) is 2.11. The van der Waals surface area contributed by atoms with Crippen LogP contribution < -0.4 is 4.74 Å². The first-order valence-corrected chi connectivity index (χ1v) is 6.34. The molecule has 4 nitrogen and oxygen atoms in total. The molecule has 1 aromatic carbocycles. The highest BCUT2D eigenvalue weighted by Gasteiger charge is 2.52. The normalized spacial score (nSPS) is 31.4. The van der Waals surface area contributed by atoms with E-state index in [-0.39, 0.29) is 11.8 Å². The average Bonchev–Trinajstić information content (AvgIpc) is 2.99. The van der Waals surface area contributed by atoms with Crippen LogP contribution in [0.25, 0.3) is 0 Å². The molecular weight excluding hydrogens is 244 g/mol. The van der Waals surface area contributed by atoms with Crippen LogP contribution in [0.1, 0.15) is 6.42 Å². The van der Waals surface area contributed by atoms with E-state index in [4.69, 9.17) is 4.74 Å². The van der Waals surface area contributed by atoms with Gasteiger partial charge >= 0.3 is 11.9 Å². The van der Waals surface area contributed by atoms with E-state index in [0.29, 0.717) is 5.75 Å². The number of carbonyl (C=O) groups is 2. The van der Waals surface area contributed by atoms with Crippen LogP contribution in [0.3, 0.4) is 0 Å². The number of carbonyl (C=O) groups excluding carboxylic acids is 1. The summed E-state index contributed by atoms with van der Waals surface area (Å²) in [6.45, 7) is 0. The van der Waals surface area contributed by atoms with Gasteiger partial charge in [-0.25, -0.2) is 0 Å². The van der Waals surface area contributed by atoms with Gasteiger partial charge in [-0.3, -0.25) is 9.59 Å². The molecule has 0 aliphatic heterocycles. The molecule has 2 aliphatic rings. The third kappa shape index (κ3) is 2.03. The third-order valence-electron chi connectivity index (χ3n) is 3.98. The number of carboxylic acid groups (broad SMARTS) is 1. The summed E-state index contributed by atoms with van der Waals surface area (Å²) >= 11 is 0. The molecular formula is C15H14O4. The van der Waals surface area contributed by atoms with Gasteiger partial charge in [0.15, 0.2) is 0 Å². The molecule has 3 rings (SSSR count). The Kier molecular flexibility index (Phi) is 2.85. The zero-order chi connectivity index (χ0) is 13.4. The van der Waals surface area contributed by atoms with E-state index in [0.717, 1.165) is 6.42 Å². The number of esters is 1. The van der Waals surface area contributed by atoms with Crippen molar-refractivity contribution in [2.45, 2.75) is 6.42 Å². The topological polar surface area (TPSA) is 63.6 Å². The lowest BCUT2D eigenvalue weighted by Gasteiger charge is -2.22. The fourth-order valence-corrected chi connectivity index (χ4v) is 3.15. The first kappa shape index (κ1) is 12.0. The Labute approximate surface area is 110 Å². The van der Waals surface area contributed by atoms with Gasteiger partial charge in [0.1, 0.15) is 5.75 Å². The maximum atomic E-state index is 12.2. The van der Waals surface area contributed by atoms with E-state index in [1.165, 1.54) is 0 Å².